The van der Waals surface area contributed by atoms with E-state index in [0.717, 1.165) is 18.7 Å². The molecule has 0 saturated heterocycles. The van der Waals surface area contributed by atoms with Gasteiger partial charge in [-0.1, -0.05) is 6.07 Å². The van der Waals surface area contributed by atoms with E-state index in [0.29, 0.717) is 46.3 Å². The van der Waals surface area contributed by atoms with Crippen molar-refractivity contribution in [3.63, 3.8) is 0 Å². The van der Waals surface area contributed by atoms with Crippen LogP contribution in [0.15, 0.2) is 65.7 Å². The fraction of sp³-hybridized carbons (Fsp3) is 0.276. The van der Waals surface area contributed by atoms with Crippen molar-refractivity contribution in [2.45, 2.75) is 19.3 Å². The molecule has 1 unspecified atom stereocenters. The zero-order valence-corrected chi connectivity index (χ0v) is 21.5. The van der Waals surface area contributed by atoms with Gasteiger partial charge in [-0.25, -0.2) is 4.39 Å². The normalized spacial score (nSPS) is 16.0. The first kappa shape index (κ1) is 25.4. The van der Waals surface area contributed by atoms with Gasteiger partial charge in [-0.05, 0) is 87.2 Å². The first-order valence-electron chi connectivity index (χ1n) is 12.4. The number of carbonyl (C=O) groups excluding carboxylic acids is 2. The van der Waals surface area contributed by atoms with Crippen LogP contribution in [0.3, 0.4) is 0 Å². The van der Waals surface area contributed by atoms with Crippen molar-refractivity contribution in [3.05, 3.63) is 77.6 Å². The Morgan fingerprint density at radius 3 is 2.53 bits per heavy atom. The van der Waals surface area contributed by atoms with Crippen molar-refractivity contribution < 1.29 is 23.5 Å². The zero-order valence-electron chi connectivity index (χ0n) is 21.5. The average molecular weight is 517 g/mol. The third kappa shape index (κ3) is 5.24. The summed E-state index contributed by atoms with van der Waals surface area (Å²) in [7, 11) is 4.00. The van der Waals surface area contributed by atoms with Gasteiger partial charge in [0.15, 0.2) is 11.5 Å². The summed E-state index contributed by atoms with van der Waals surface area (Å²) < 4.78 is 24.9. The van der Waals surface area contributed by atoms with Crippen LogP contribution in [0, 0.1) is 5.82 Å². The Morgan fingerprint density at radius 2 is 1.79 bits per heavy atom. The van der Waals surface area contributed by atoms with E-state index in [1.807, 2.05) is 44.4 Å². The van der Waals surface area contributed by atoms with Crippen molar-refractivity contribution >= 4 is 34.6 Å². The maximum absolute atomic E-state index is 13.9. The number of nitrogens with one attached hydrogen (secondary N) is 1. The highest BCUT2D eigenvalue weighted by Gasteiger charge is 2.36. The number of fused-ring (bicyclic) bond motifs is 2. The van der Waals surface area contributed by atoms with Crippen LogP contribution < -0.4 is 19.7 Å². The fourth-order valence-electron chi connectivity index (χ4n) is 4.72. The van der Waals surface area contributed by atoms with Gasteiger partial charge in [0.25, 0.3) is 0 Å². The third-order valence-corrected chi connectivity index (χ3v) is 6.57. The molecule has 2 aliphatic heterocycles. The molecule has 8 nitrogen and oxygen atoms in total. The average Bonchev–Trinajstić information content (AvgIpc) is 3.48. The summed E-state index contributed by atoms with van der Waals surface area (Å²) in [5.74, 6) is -0.310. The lowest BCUT2D eigenvalue weighted by Crippen LogP contribution is -2.31. The van der Waals surface area contributed by atoms with Crippen LogP contribution in [0.2, 0.25) is 0 Å². The van der Waals surface area contributed by atoms with Gasteiger partial charge in [0.2, 0.25) is 18.6 Å². The van der Waals surface area contributed by atoms with Crippen LogP contribution in [0.4, 0.5) is 21.5 Å². The van der Waals surface area contributed by atoms with Crippen molar-refractivity contribution in [1.29, 1.82) is 0 Å². The van der Waals surface area contributed by atoms with Crippen LogP contribution in [0.25, 0.3) is 0 Å². The molecular weight excluding hydrogens is 487 g/mol. The van der Waals surface area contributed by atoms with Crippen LogP contribution in [0.1, 0.15) is 30.4 Å². The Morgan fingerprint density at radius 1 is 1.03 bits per heavy atom. The maximum atomic E-state index is 13.9. The molecule has 0 aromatic heterocycles. The minimum Gasteiger partial charge on any atom is -0.454 e. The minimum absolute atomic E-state index is 0.0347. The molecule has 0 radical (unpaired) electrons. The van der Waals surface area contributed by atoms with E-state index >= 15 is 0 Å². The molecule has 0 spiro atoms. The summed E-state index contributed by atoms with van der Waals surface area (Å²) in [4.78, 5) is 34.2. The summed E-state index contributed by atoms with van der Waals surface area (Å²) in [6.45, 7) is 3.16. The molecule has 2 aliphatic rings. The number of halogens is 1. The molecule has 196 valence electrons. The van der Waals surface area contributed by atoms with Gasteiger partial charge < -0.3 is 24.6 Å². The maximum Gasteiger partial charge on any atom is 0.238 e. The van der Waals surface area contributed by atoms with Gasteiger partial charge in [-0.3, -0.25) is 14.6 Å². The molecular formula is C29H29FN4O4. The van der Waals surface area contributed by atoms with Crippen LogP contribution in [-0.4, -0.2) is 56.4 Å². The van der Waals surface area contributed by atoms with Gasteiger partial charge in [-0.15, -0.1) is 0 Å². The van der Waals surface area contributed by atoms with Crippen molar-refractivity contribution in [1.82, 2.24) is 4.90 Å². The van der Waals surface area contributed by atoms with E-state index < -0.39 is 11.7 Å². The first-order valence-corrected chi connectivity index (χ1v) is 12.4. The topological polar surface area (TPSA) is 83.5 Å². The molecule has 2 amide bonds. The number of nitrogens with zero attached hydrogens (tertiary/aromatic N) is 3. The molecule has 0 saturated carbocycles. The number of ether oxygens (including phenoxy) is 2. The number of aliphatic imine (C=N–C) groups is 1. The third-order valence-electron chi connectivity index (χ3n) is 6.57. The van der Waals surface area contributed by atoms with Crippen LogP contribution in [0.5, 0.6) is 11.5 Å². The number of hydrogen-bond acceptors (Lipinski definition) is 6. The van der Waals surface area contributed by atoms with Gasteiger partial charge in [0.1, 0.15) is 11.7 Å². The largest absolute Gasteiger partial charge is 0.454 e. The predicted octanol–water partition coefficient (Wildman–Crippen LogP) is 4.72. The minimum atomic E-state index is -0.745. The summed E-state index contributed by atoms with van der Waals surface area (Å²) in [6, 6.07) is 17.0. The predicted molar refractivity (Wildman–Crippen MR) is 144 cm³/mol. The number of amides is 2. The smallest absolute Gasteiger partial charge is 0.238 e. The quantitative estimate of drug-likeness (QED) is 0.438. The number of benzene rings is 3. The van der Waals surface area contributed by atoms with Gasteiger partial charge in [0, 0.05) is 30.4 Å². The van der Waals surface area contributed by atoms with Gasteiger partial charge in [-0.2, -0.15) is 0 Å². The monoisotopic (exact) mass is 516 g/mol. The molecule has 0 aliphatic carbocycles. The molecule has 2 heterocycles. The second kappa shape index (κ2) is 10.6. The van der Waals surface area contributed by atoms with Crippen molar-refractivity contribution in [3.8, 4) is 11.5 Å². The lowest BCUT2D eigenvalue weighted by atomic mass is 9.90. The molecule has 9 heteroatoms. The summed E-state index contributed by atoms with van der Waals surface area (Å²) >= 11 is 0. The number of hydrogen-bond donors (Lipinski definition) is 1. The molecule has 3 aromatic rings. The second-order valence-corrected chi connectivity index (χ2v) is 9.56. The molecule has 1 N–H and O–H groups in total. The van der Waals surface area contributed by atoms with E-state index in [9.17, 15) is 14.0 Å². The van der Waals surface area contributed by atoms with Gasteiger partial charge in [0.05, 0.1) is 11.4 Å². The Balaban J connectivity index is 1.51. The highest BCUT2D eigenvalue weighted by Crippen LogP contribution is 2.39. The summed E-state index contributed by atoms with van der Waals surface area (Å²) in [5, 5.41) is 2.78. The van der Waals surface area contributed by atoms with E-state index in [1.54, 1.807) is 30.0 Å². The van der Waals surface area contributed by atoms with E-state index in [4.69, 9.17) is 14.5 Å². The van der Waals surface area contributed by atoms with Crippen molar-refractivity contribution in [2.24, 2.45) is 4.99 Å². The highest BCUT2D eigenvalue weighted by molar-refractivity contribution is 6.24. The molecule has 5 rings (SSSR count). The Bertz CT molecular complexity index is 1400. The molecule has 1 atom stereocenters. The SMILES string of the molecule is CC(=O)N(CCCN(C)C)c1ccc(N=C(c2ccc3c(c2)OCO3)C2C(=O)Nc3cc(F)ccc32)cc1. The molecule has 0 bridgehead atoms. The van der Waals surface area contributed by atoms with Crippen LogP contribution in [-0.2, 0) is 9.59 Å². The summed E-state index contributed by atoms with van der Waals surface area (Å²) in [6.07, 6.45) is 0.845. The van der Waals surface area contributed by atoms with E-state index in [2.05, 4.69) is 10.2 Å². The van der Waals surface area contributed by atoms with E-state index in [1.165, 1.54) is 12.1 Å². The Hall–Kier alpha value is -4.24. The lowest BCUT2D eigenvalue weighted by molar-refractivity contribution is -0.117. The summed E-state index contributed by atoms with van der Waals surface area (Å²) in [5.41, 5.74) is 3.64. The number of carbonyl (C=O) groups is 2. The number of rotatable bonds is 8. The molecule has 38 heavy (non-hydrogen) atoms. The second-order valence-electron chi connectivity index (χ2n) is 9.56. The fourth-order valence-corrected chi connectivity index (χ4v) is 4.72. The molecule has 0 fully saturated rings. The van der Waals surface area contributed by atoms with E-state index in [-0.39, 0.29) is 18.6 Å². The van der Waals surface area contributed by atoms with Crippen molar-refractivity contribution in [2.75, 3.05) is 44.2 Å². The molecule has 3 aromatic carbocycles. The zero-order chi connectivity index (χ0) is 26.8. The standard InChI is InChI=1S/C29H29FN4O4/c1-18(35)34(14-4-13-33(2)3)22-9-7-21(8-10-22)31-28(19-5-12-25-26(15-19)38-17-37-25)27-23-11-6-20(30)16-24(23)32-29(27)36/h5-12,15-16,27H,4,13-14,17H2,1-3H3,(H,32,36). The van der Waals surface area contributed by atoms with Gasteiger partial charge >= 0.3 is 0 Å². The number of anilines is 2. The highest BCUT2D eigenvalue weighted by atomic mass is 19.1. The van der Waals surface area contributed by atoms with Crippen LogP contribution >= 0.6 is 0 Å². The Kier molecular flexibility index (Phi) is 7.11. The lowest BCUT2D eigenvalue weighted by Gasteiger charge is -2.22. The first-order chi connectivity index (χ1) is 18.3. The Labute approximate surface area is 220 Å².